The zero-order valence-electron chi connectivity index (χ0n) is 11.9. The van der Waals surface area contributed by atoms with Crippen molar-refractivity contribution >= 4 is 21.4 Å². The minimum Gasteiger partial charge on any atom is -0.387 e. The van der Waals surface area contributed by atoms with Gasteiger partial charge in [0.05, 0.1) is 10.6 Å². The molecular formula is C13H19N3O4S. The van der Waals surface area contributed by atoms with E-state index in [4.69, 9.17) is 0 Å². The zero-order chi connectivity index (χ0) is 15.5. The molecule has 21 heavy (non-hydrogen) atoms. The number of non-ortho nitro benzene ring substituents is 1. The molecule has 1 N–H and O–H groups in total. The Kier molecular flexibility index (Phi) is 4.79. The van der Waals surface area contributed by atoms with E-state index in [0.29, 0.717) is 18.8 Å². The number of anilines is 1. The Morgan fingerprint density at radius 3 is 2.33 bits per heavy atom. The quantitative estimate of drug-likeness (QED) is 0.679. The van der Waals surface area contributed by atoms with Gasteiger partial charge in [-0.2, -0.15) is 4.31 Å². The molecule has 1 saturated heterocycles. The highest BCUT2D eigenvalue weighted by Crippen LogP contribution is 2.29. The molecule has 0 radical (unpaired) electrons. The first-order valence-electron chi connectivity index (χ1n) is 6.93. The van der Waals surface area contributed by atoms with E-state index in [1.807, 2.05) is 0 Å². The van der Waals surface area contributed by atoms with Gasteiger partial charge >= 0.3 is 0 Å². The lowest BCUT2D eigenvalue weighted by molar-refractivity contribution is -0.385. The van der Waals surface area contributed by atoms with Gasteiger partial charge in [-0.1, -0.05) is 12.8 Å². The summed E-state index contributed by atoms with van der Waals surface area (Å²) in [5.74, 6) is 0. The van der Waals surface area contributed by atoms with E-state index in [1.54, 1.807) is 7.05 Å². The van der Waals surface area contributed by atoms with E-state index in [9.17, 15) is 18.5 Å². The van der Waals surface area contributed by atoms with Crippen molar-refractivity contribution in [2.75, 3.05) is 25.5 Å². The molecule has 1 heterocycles. The van der Waals surface area contributed by atoms with Crippen LogP contribution in [-0.4, -0.2) is 37.8 Å². The van der Waals surface area contributed by atoms with Gasteiger partial charge in [-0.25, -0.2) is 8.42 Å². The lowest BCUT2D eigenvalue weighted by Crippen LogP contribution is -2.32. The number of hydrogen-bond acceptors (Lipinski definition) is 5. The Labute approximate surface area is 124 Å². The molecule has 2 rings (SSSR count). The standard InChI is InChI=1S/C13H19N3O4S/c1-14-12-7-6-11(16(17)18)10-13(12)21(19,20)15-8-4-2-3-5-9-15/h6-7,10,14H,2-5,8-9H2,1H3. The van der Waals surface area contributed by atoms with Crippen LogP contribution < -0.4 is 5.32 Å². The number of rotatable bonds is 4. The van der Waals surface area contributed by atoms with Crippen molar-refractivity contribution in [1.29, 1.82) is 0 Å². The van der Waals surface area contributed by atoms with Crippen LogP contribution in [0.4, 0.5) is 11.4 Å². The average molecular weight is 313 g/mol. The van der Waals surface area contributed by atoms with Crippen LogP contribution in [0.15, 0.2) is 23.1 Å². The predicted molar refractivity (Wildman–Crippen MR) is 79.9 cm³/mol. The van der Waals surface area contributed by atoms with Gasteiger partial charge in [0, 0.05) is 32.3 Å². The molecule has 7 nitrogen and oxygen atoms in total. The van der Waals surface area contributed by atoms with Gasteiger partial charge in [0.15, 0.2) is 0 Å². The Morgan fingerprint density at radius 2 is 1.81 bits per heavy atom. The third-order valence-electron chi connectivity index (χ3n) is 3.63. The van der Waals surface area contributed by atoms with Gasteiger partial charge in [0.1, 0.15) is 4.90 Å². The molecule has 1 aromatic carbocycles. The second-order valence-electron chi connectivity index (χ2n) is 5.01. The minimum atomic E-state index is -3.72. The SMILES string of the molecule is CNc1ccc([N+](=O)[O-])cc1S(=O)(=O)N1CCCCCC1. The number of benzene rings is 1. The van der Waals surface area contributed by atoms with Crippen molar-refractivity contribution in [3.8, 4) is 0 Å². The normalized spacial score (nSPS) is 17.2. The zero-order valence-corrected chi connectivity index (χ0v) is 12.7. The highest BCUT2D eigenvalue weighted by Gasteiger charge is 2.29. The van der Waals surface area contributed by atoms with Crippen molar-refractivity contribution in [3.63, 3.8) is 0 Å². The molecule has 0 aromatic heterocycles. The second-order valence-corrected chi connectivity index (χ2v) is 6.91. The smallest absolute Gasteiger partial charge is 0.270 e. The molecule has 8 heteroatoms. The summed E-state index contributed by atoms with van der Waals surface area (Å²) in [5, 5.41) is 13.7. The highest BCUT2D eigenvalue weighted by atomic mass is 32.2. The van der Waals surface area contributed by atoms with Gasteiger partial charge in [-0.15, -0.1) is 0 Å². The van der Waals surface area contributed by atoms with E-state index in [0.717, 1.165) is 31.7 Å². The summed E-state index contributed by atoms with van der Waals surface area (Å²) < 4.78 is 26.9. The Hall–Kier alpha value is -1.67. The second kappa shape index (κ2) is 6.40. The Balaban J connectivity index is 2.46. The average Bonchev–Trinajstić information content (AvgIpc) is 2.76. The van der Waals surface area contributed by atoms with E-state index in [-0.39, 0.29) is 10.6 Å². The van der Waals surface area contributed by atoms with Gasteiger partial charge in [0.2, 0.25) is 10.0 Å². The van der Waals surface area contributed by atoms with Crippen LogP contribution in [0.2, 0.25) is 0 Å². The first-order chi connectivity index (χ1) is 9.96. The summed E-state index contributed by atoms with van der Waals surface area (Å²) in [6, 6.07) is 3.86. The highest BCUT2D eigenvalue weighted by molar-refractivity contribution is 7.89. The summed E-state index contributed by atoms with van der Waals surface area (Å²) in [4.78, 5) is 10.3. The lowest BCUT2D eigenvalue weighted by Gasteiger charge is -2.21. The number of nitrogens with one attached hydrogen (secondary N) is 1. The number of hydrogen-bond donors (Lipinski definition) is 1. The fourth-order valence-electron chi connectivity index (χ4n) is 2.47. The molecule has 1 fully saturated rings. The number of nitro groups is 1. The molecule has 0 aliphatic carbocycles. The van der Waals surface area contributed by atoms with Crippen molar-refractivity contribution < 1.29 is 13.3 Å². The topological polar surface area (TPSA) is 92.5 Å². The monoisotopic (exact) mass is 313 g/mol. The van der Waals surface area contributed by atoms with Crippen LogP contribution in [0, 0.1) is 10.1 Å². The van der Waals surface area contributed by atoms with Gasteiger partial charge in [0.25, 0.3) is 5.69 Å². The fourth-order valence-corrected chi connectivity index (χ4v) is 4.20. The fraction of sp³-hybridized carbons (Fsp3) is 0.538. The summed E-state index contributed by atoms with van der Waals surface area (Å²) in [5.41, 5.74) is 0.159. The van der Waals surface area contributed by atoms with Crippen molar-refractivity contribution in [2.45, 2.75) is 30.6 Å². The molecule has 0 amide bonds. The van der Waals surface area contributed by atoms with Gasteiger partial charge < -0.3 is 5.32 Å². The molecule has 1 aliphatic rings. The summed E-state index contributed by atoms with van der Waals surface area (Å²) in [7, 11) is -2.12. The maximum absolute atomic E-state index is 12.8. The van der Waals surface area contributed by atoms with Gasteiger partial charge in [-0.05, 0) is 18.9 Å². The van der Waals surface area contributed by atoms with E-state index in [1.165, 1.54) is 16.4 Å². The number of nitro benzene ring substituents is 1. The molecule has 0 unspecified atom stereocenters. The van der Waals surface area contributed by atoms with E-state index in [2.05, 4.69) is 5.32 Å². The molecule has 0 atom stereocenters. The van der Waals surface area contributed by atoms with Crippen LogP contribution >= 0.6 is 0 Å². The summed E-state index contributed by atoms with van der Waals surface area (Å²) >= 11 is 0. The Bertz CT molecular complexity index is 622. The first kappa shape index (κ1) is 15.7. The molecule has 0 spiro atoms. The number of nitrogens with zero attached hydrogens (tertiary/aromatic N) is 2. The molecule has 116 valence electrons. The molecular weight excluding hydrogens is 294 g/mol. The molecule has 1 aliphatic heterocycles. The molecule has 0 bridgehead atoms. The lowest BCUT2D eigenvalue weighted by atomic mass is 10.2. The molecule has 0 saturated carbocycles. The maximum atomic E-state index is 12.8. The van der Waals surface area contributed by atoms with Crippen LogP contribution in [0.5, 0.6) is 0 Å². The van der Waals surface area contributed by atoms with Crippen molar-refractivity contribution in [2.24, 2.45) is 0 Å². The third kappa shape index (κ3) is 3.33. The van der Waals surface area contributed by atoms with Gasteiger partial charge in [-0.3, -0.25) is 10.1 Å². The van der Waals surface area contributed by atoms with E-state index >= 15 is 0 Å². The van der Waals surface area contributed by atoms with Crippen LogP contribution in [0.1, 0.15) is 25.7 Å². The summed E-state index contributed by atoms with van der Waals surface area (Å²) in [6.45, 7) is 0.933. The van der Waals surface area contributed by atoms with E-state index < -0.39 is 14.9 Å². The number of sulfonamides is 1. The van der Waals surface area contributed by atoms with Crippen LogP contribution in [0.25, 0.3) is 0 Å². The largest absolute Gasteiger partial charge is 0.387 e. The predicted octanol–water partition coefficient (Wildman–Crippen LogP) is 2.20. The Morgan fingerprint density at radius 1 is 1.19 bits per heavy atom. The van der Waals surface area contributed by atoms with Crippen molar-refractivity contribution in [1.82, 2.24) is 4.31 Å². The maximum Gasteiger partial charge on any atom is 0.270 e. The summed E-state index contributed by atoms with van der Waals surface area (Å²) in [6.07, 6.45) is 3.67. The van der Waals surface area contributed by atoms with Crippen molar-refractivity contribution in [3.05, 3.63) is 28.3 Å². The van der Waals surface area contributed by atoms with Crippen LogP contribution in [-0.2, 0) is 10.0 Å². The minimum absolute atomic E-state index is 0.0268. The first-order valence-corrected chi connectivity index (χ1v) is 8.37. The molecule has 1 aromatic rings. The van der Waals surface area contributed by atoms with Crippen LogP contribution in [0.3, 0.4) is 0 Å². The third-order valence-corrected chi connectivity index (χ3v) is 5.57.